The van der Waals surface area contributed by atoms with Crippen molar-refractivity contribution in [3.8, 4) is 0 Å². The molecule has 1 aliphatic heterocycles. The monoisotopic (exact) mass is 262 g/mol. The summed E-state index contributed by atoms with van der Waals surface area (Å²) < 4.78 is 0. The van der Waals surface area contributed by atoms with Gasteiger partial charge in [-0.15, -0.1) is 11.8 Å². The first-order valence-corrected chi connectivity index (χ1v) is 6.95. The summed E-state index contributed by atoms with van der Waals surface area (Å²) in [6.07, 6.45) is 1.75. The average Bonchev–Trinajstić information content (AvgIpc) is 3.18. The van der Waals surface area contributed by atoms with E-state index in [2.05, 4.69) is 5.32 Å². The number of anilines is 1. The number of nitrogens with one attached hydrogen (secondary N) is 1. The lowest BCUT2D eigenvalue weighted by Gasteiger charge is -2.18. The van der Waals surface area contributed by atoms with E-state index in [4.69, 9.17) is 5.73 Å². The Morgan fingerprint density at radius 2 is 2.22 bits per heavy atom. The molecule has 2 aliphatic rings. The molecule has 18 heavy (non-hydrogen) atoms. The van der Waals surface area contributed by atoms with E-state index in [9.17, 15) is 9.59 Å². The highest BCUT2D eigenvalue weighted by Gasteiger charge is 2.48. The topological polar surface area (TPSA) is 72.2 Å². The Morgan fingerprint density at radius 1 is 1.44 bits per heavy atom. The minimum absolute atomic E-state index is 0.0166. The van der Waals surface area contributed by atoms with Crippen molar-refractivity contribution < 1.29 is 9.59 Å². The van der Waals surface area contributed by atoms with Crippen LogP contribution in [-0.2, 0) is 4.79 Å². The first-order chi connectivity index (χ1) is 8.64. The molecule has 1 aromatic rings. The van der Waals surface area contributed by atoms with Gasteiger partial charge in [-0.1, -0.05) is 6.07 Å². The number of thioether (sulfide) groups is 1. The van der Waals surface area contributed by atoms with Crippen LogP contribution in [-0.4, -0.2) is 24.0 Å². The van der Waals surface area contributed by atoms with Crippen LogP contribution in [0.3, 0.4) is 0 Å². The van der Waals surface area contributed by atoms with Gasteiger partial charge in [0.2, 0.25) is 5.91 Å². The van der Waals surface area contributed by atoms with Crippen LogP contribution >= 0.6 is 11.8 Å². The third-order valence-electron chi connectivity index (χ3n) is 3.60. The van der Waals surface area contributed by atoms with E-state index in [0.717, 1.165) is 23.4 Å². The number of carbonyl (C=O) groups excluding carboxylic acids is 2. The van der Waals surface area contributed by atoms with Gasteiger partial charge in [0, 0.05) is 22.4 Å². The van der Waals surface area contributed by atoms with Gasteiger partial charge < -0.3 is 11.1 Å². The summed E-state index contributed by atoms with van der Waals surface area (Å²) in [6, 6.07) is 5.51. The van der Waals surface area contributed by atoms with Gasteiger partial charge in [-0.25, -0.2) is 0 Å². The van der Waals surface area contributed by atoms with Crippen LogP contribution in [0.2, 0.25) is 0 Å². The number of rotatable bonds is 3. The molecule has 94 valence electrons. The van der Waals surface area contributed by atoms with Crippen LogP contribution < -0.4 is 11.1 Å². The summed E-state index contributed by atoms with van der Waals surface area (Å²) in [6.45, 7) is 0.407. The molecule has 0 bridgehead atoms. The van der Waals surface area contributed by atoms with Crippen LogP contribution in [0, 0.1) is 5.41 Å². The number of hydrogen-bond donors (Lipinski definition) is 2. The van der Waals surface area contributed by atoms with Gasteiger partial charge in [0.15, 0.2) is 5.78 Å². The largest absolute Gasteiger partial charge is 0.329 e. The van der Waals surface area contributed by atoms with E-state index in [-0.39, 0.29) is 17.1 Å². The van der Waals surface area contributed by atoms with Crippen LogP contribution in [0.5, 0.6) is 0 Å². The fraction of sp³-hybridized carbons (Fsp3) is 0.385. The number of hydrogen-bond acceptors (Lipinski definition) is 4. The molecule has 1 aliphatic carbocycles. The van der Waals surface area contributed by atoms with Crippen molar-refractivity contribution in [2.24, 2.45) is 11.1 Å². The molecule has 5 heteroatoms. The summed E-state index contributed by atoms with van der Waals surface area (Å²) in [7, 11) is 0. The highest BCUT2D eigenvalue weighted by Crippen LogP contribution is 2.47. The molecule has 0 spiro atoms. The van der Waals surface area contributed by atoms with Crippen LogP contribution in [0.15, 0.2) is 23.1 Å². The van der Waals surface area contributed by atoms with Crippen molar-refractivity contribution in [1.29, 1.82) is 0 Å². The molecule has 3 rings (SSSR count). The fourth-order valence-electron chi connectivity index (χ4n) is 2.21. The minimum atomic E-state index is -0.333. The van der Waals surface area contributed by atoms with E-state index < -0.39 is 0 Å². The molecule has 0 saturated heterocycles. The number of amides is 1. The minimum Gasteiger partial charge on any atom is -0.329 e. The summed E-state index contributed by atoms with van der Waals surface area (Å²) in [5.41, 5.74) is 6.74. The summed E-state index contributed by atoms with van der Waals surface area (Å²) in [4.78, 5) is 24.7. The molecule has 1 fully saturated rings. The molecule has 4 nitrogen and oxygen atoms in total. The average molecular weight is 262 g/mol. The molecule has 0 unspecified atom stereocenters. The van der Waals surface area contributed by atoms with Crippen molar-refractivity contribution in [3.05, 3.63) is 23.8 Å². The Morgan fingerprint density at radius 3 is 2.89 bits per heavy atom. The maximum Gasteiger partial charge on any atom is 0.234 e. The lowest BCUT2D eigenvalue weighted by atomic mass is 9.94. The van der Waals surface area contributed by atoms with Crippen LogP contribution in [0.4, 0.5) is 5.69 Å². The van der Waals surface area contributed by atoms with Gasteiger partial charge in [0.1, 0.15) is 0 Å². The van der Waals surface area contributed by atoms with Gasteiger partial charge in [-0.2, -0.15) is 0 Å². The number of benzene rings is 1. The molecule has 3 N–H and O–H groups in total. The lowest BCUT2D eigenvalue weighted by molar-refractivity contribution is -0.113. The molecule has 0 radical (unpaired) electrons. The number of carbonyl (C=O) groups is 2. The van der Waals surface area contributed by atoms with Crippen molar-refractivity contribution in [3.63, 3.8) is 0 Å². The van der Waals surface area contributed by atoms with Crippen molar-refractivity contribution in [2.75, 3.05) is 17.6 Å². The third-order valence-corrected chi connectivity index (χ3v) is 4.67. The van der Waals surface area contributed by atoms with Gasteiger partial charge in [-0.05, 0) is 25.0 Å². The van der Waals surface area contributed by atoms with Crippen molar-refractivity contribution in [2.45, 2.75) is 17.7 Å². The van der Waals surface area contributed by atoms with E-state index in [0.29, 0.717) is 17.9 Å². The van der Waals surface area contributed by atoms with Gasteiger partial charge in [-0.3, -0.25) is 9.59 Å². The highest BCUT2D eigenvalue weighted by atomic mass is 32.2. The normalized spacial score (nSPS) is 19.9. The van der Waals surface area contributed by atoms with E-state index in [1.54, 1.807) is 6.07 Å². The Bertz CT molecular complexity index is 538. The molecule has 1 saturated carbocycles. The van der Waals surface area contributed by atoms with E-state index in [1.807, 2.05) is 12.1 Å². The van der Waals surface area contributed by atoms with E-state index in [1.165, 1.54) is 11.8 Å². The zero-order valence-corrected chi connectivity index (χ0v) is 10.7. The second kappa shape index (κ2) is 4.10. The first-order valence-electron chi connectivity index (χ1n) is 5.96. The van der Waals surface area contributed by atoms with Gasteiger partial charge in [0.25, 0.3) is 0 Å². The summed E-state index contributed by atoms with van der Waals surface area (Å²) in [5.74, 6) is 0.530. The second-order valence-electron chi connectivity index (χ2n) is 4.86. The SMILES string of the molecule is NCC1(C(=O)c2ccc3c(c2)NC(=O)CS3)CC1. The molecule has 1 heterocycles. The quantitative estimate of drug-likeness (QED) is 0.812. The standard InChI is InChI=1S/C13H14N2O2S/c14-7-13(3-4-13)12(17)8-1-2-10-9(5-8)15-11(16)6-18-10/h1-2,5H,3-4,6-7,14H2,(H,15,16). The zero-order valence-electron chi connectivity index (χ0n) is 9.86. The zero-order chi connectivity index (χ0) is 12.8. The van der Waals surface area contributed by atoms with E-state index >= 15 is 0 Å². The summed E-state index contributed by atoms with van der Waals surface area (Å²) in [5, 5.41) is 2.80. The molecule has 0 atom stereocenters. The highest BCUT2D eigenvalue weighted by molar-refractivity contribution is 8.00. The molecular formula is C13H14N2O2S. The molecule has 1 amide bonds. The number of ketones is 1. The lowest BCUT2D eigenvalue weighted by Crippen LogP contribution is -2.26. The van der Waals surface area contributed by atoms with Crippen LogP contribution in [0.1, 0.15) is 23.2 Å². The Balaban J connectivity index is 1.92. The predicted octanol–water partition coefficient (Wildman–Crippen LogP) is 1.65. The number of nitrogens with two attached hydrogens (primary N) is 1. The predicted molar refractivity (Wildman–Crippen MR) is 70.8 cm³/mol. The Hall–Kier alpha value is -1.33. The molecule has 1 aromatic carbocycles. The van der Waals surface area contributed by atoms with Crippen molar-refractivity contribution in [1.82, 2.24) is 0 Å². The number of Topliss-reactive ketones (excluding diaryl/α,β-unsaturated/α-hetero) is 1. The maximum absolute atomic E-state index is 12.3. The Kier molecular flexibility index (Phi) is 2.68. The first kappa shape index (κ1) is 11.7. The summed E-state index contributed by atoms with van der Waals surface area (Å²) >= 11 is 1.50. The van der Waals surface area contributed by atoms with Gasteiger partial charge in [0.05, 0.1) is 11.4 Å². The van der Waals surface area contributed by atoms with Crippen LogP contribution in [0.25, 0.3) is 0 Å². The number of fused-ring (bicyclic) bond motifs is 1. The smallest absolute Gasteiger partial charge is 0.234 e. The molecular weight excluding hydrogens is 248 g/mol. The fourth-order valence-corrected chi connectivity index (χ4v) is 2.99. The van der Waals surface area contributed by atoms with Gasteiger partial charge >= 0.3 is 0 Å². The van der Waals surface area contributed by atoms with Crippen molar-refractivity contribution >= 4 is 29.1 Å². The second-order valence-corrected chi connectivity index (χ2v) is 5.88. The third kappa shape index (κ3) is 1.83. The molecule has 0 aromatic heterocycles. The maximum atomic E-state index is 12.3. The Labute approximate surface area is 109 Å².